The molecule has 27 heavy (non-hydrogen) atoms. The van der Waals surface area contributed by atoms with E-state index < -0.39 is 5.97 Å². The lowest BCUT2D eigenvalue weighted by atomic mass is 10.2. The summed E-state index contributed by atoms with van der Waals surface area (Å²) in [6, 6.07) is 14.9. The molecule has 0 aliphatic carbocycles. The zero-order valence-corrected chi connectivity index (χ0v) is 15.0. The van der Waals surface area contributed by atoms with Crippen LogP contribution >= 0.6 is 0 Å². The van der Waals surface area contributed by atoms with Crippen molar-refractivity contribution in [2.45, 2.75) is 26.3 Å². The Balaban J connectivity index is 1.77. The van der Waals surface area contributed by atoms with Crippen molar-refractivity contribution in [3.63, 3.8) is 0 Å². The van der Waals surface area contributed by atoms with Crippen LogP contribution in [0.2, 0.25) is 0 Å². The molecule has 3 rings (SSSR count). The van der Waals surface area contributed by atoms with E-state index >= 15 is 0 Å². The molecular formula is C20H21N3O4. The van der Waals surface area contributed by atoms with Crippen LogP contribution in [0.1, 0.15) is 34.7 Å². The van der Waals surface area contributed by atoms with Gasteiger partial charge in [0, 0.05) is 25.6 Å². The summed E-state index contributed by atoms with van der Waals surface area (Å²) >= 11 is 0. The second-order valence-electron chi connectivity index (χ2n) is 6.29. The highest BCUT2D eigenvalue weighted by molar-refractivity contribution is 5.93. The molecule has 0 saturated heterocycles. The van der Waals surface area contributed by atoms with Gasteiger partial charge in [0.05, 0.1) is 0 Å². The van der Waals surface area contributed by atoms with Crippen LogP contribution in [0.3, 0.4) is 0 Å². The van der Waals surface area contributed by atoms with E-state index in [1.54, 1.807) is 11.0 Å². The number of carboxylic acids is 1. The molecule has 0 spiro atoms. The first-order chi connectivity index (χ1) is 13.0. The van der Waals surface area contributed by atoms with Gasteiger partial charge in [0.25, 0.3) is 5.91 Å². The van der Waals surface area contributed by atoms with Crippen molar-refractivity contribution in [1.82, 2.24) is 15.1 Å². The average molecular weight is 367 g/mol. The molecule has 1 amide bonds. The molecular weight excluding hydrogens is 346 g/mol. The summed E-state index contributed by atoms with van der Waals surface area (Å²) in [5.41, 5.74) is 1.86. The van der Waals surface area contributed by atoms with Crippen molar-refractivity contribution >= 4 is 11.9 Å². The van der Waals surface area contributed by atoms with Gasteiger partial charge in [-0.3, -0.25) is 14.7 Å². The molecule has 0 unspecified atom stereocenters. The first kappa shape index (κ1) is 18.4. The molecule has 7 nitrogen and oxygen atoms in total. The monoisotopic (exact) mass is 367 g/mol. The number of hydrogen-bond acceptors (Lipinski definition) is 4. The number of benzene rings is 1. The normalized spacial score (nSPS) is 10.7. The summed E-state index contributed by atoms with van der Waals surface area (Å²) < 4.78 is 5.55. The van der Waals surface area contributed by atoms with Crippen molar-refractivity contribution in [2.75, 3.05) is 6.54 Å². The van der Waals surface area contributed by atoms with Gasteiger partial charge in [-0.05, 0) is 31.0 Å². The molecule has 0 bridgehead atoms. The summed E-state index contributed by atoms with van der Waals surface area (Å²) in [6.45, 7) is 2.57. The van der Waals surface area contributed by atoms with Gasteiger partial charge in [-0.1, -0.05) is 30.3 Å². The maximum atomic E-state index is 12.9. The molecule has 0 aliphatic rings. The Kier molecular flexibility index (Phi) is 5.71. The zero-order valence-electron chi connectivity index (χ0n) is 15.0. The number of carboxylic acid groups (broad SMARTS) is 1. The highest BCUT2D eigenvalue weighted by Crippen LogP contribution is 2.21. The van der Waals surface area contributed by atoms with Crippen LogP contribution in [0.5, 0.6) is 0 Å². The SMILES string of the molecule is Cc1ccc(-c2cc(C(=O)N(CCCC(=O)O)Cc3ccccc3)n[nH]2)o1. The van der Waals surface area contributed by atoms with Gasteiger partial charge in [-0.2, -0.15) is 5.10 Å². The predicted octanol–water partition coefficient (Wildman–Crippen LogP) is 3.49. The highest BCUT2D eigenvalue weighted by Gasteiger charge is 2.20. The molecule has 140 valence electrons. The number of amides is 1. The van der Waals surface area contributed by atoms with E-state index in [2.05, 4.69) is 10.2 Å². The topological polar surface area (TPSA) is 99.4 Å². The van der Waals surface area contributed by atoms with E-state index in [0.717, 1.165) is 11.3 Å². The largest absolute Gasteiger partial charge is 0.481 e. The molecule has 0 atom stereocenters. The molecule has 2 aromatic heterocycles. The number of nitrogens with zero attached hydrogens (tertiary/aromatic N) is 2. The van der Waals surface area contributed by atoms with Gasteiger partial charge in [0.15, 0.2) is 11.5 Å². The zero-order chi connectivity index (χ0) is 19.2. The average Bonchev–Trinajstić information content (AvgIpc) is 3.30. The van der Waals surface area contributed by atoms with Crippen LogP contribution in [0.4, 0.5) is 0 Å². The van der Waals surface area contributed by atoms with Crippen LogP contribution < -0.4 is 0 Å². The Hall–Kier alpha value is -3.35. The van der Waals surface area contributed by atoms with E-state index in [-0.39, 0.29) is 18.0 Å². The van der Waals surface area contributed by atoms with Crippen molar-refractivity contribution in [2.24, 2.45) is 0 Å². The van der Waals surface area contributed by atoms with Crippen molar-refractivity contribution in [3.05, 3.63) is 65.5 Å². The Morgan fingerprint density at radius 3 is 2.63 bits per heavy atom. The lowest BCUT2D eigenvalue weighted by molar-refractivity contribution is -0.137. The second kappa shape index (κ2) is 8.35. The first-order valence-corrected chi connectivity index (χ1v) is 8.70. The number of carbonyl (C=O) groups excluding carboxylic acids is 1. The third-order valence-electron chi connectivity index (χ3n) is 4.12. The lowest BCUT2D eigenvalue weighted by Crippen LogP contribution is -2.32. The number of hydrogen-bond donors (Lipinski definition) is 2. The number of nitrogens with one attached hydrogen (secondary N) is 1. The van der Waals surface area contributed by atoms with Crippen LogP contribution in [0.25, 0.3) is 11.5 Å². The van der Waals surface area contributed by atoms with E-state index in [1.807, 2.05) is 49.4 Å². The molecule has 7 heteroatoms. The highest BCUT2D eigenvalue weighted by atomic mass is 16.4. The number of aromatic amines is 1. The van der Waals surface area contributed by atoms with E-state index in [4.69, 9.17) is 9.52 Å². The molecule has 0 aliphatic heterocycles. The Morgan fingerprint density at radius 1 is 1.19 bits per heavy atom. The minimum atomic E-state index is -0.877. The fourth-order valence-corrected chi connectivity index (χ4v) is 2.78. The number of H-pyrrole nitrogens is 1. The van der Waals surface area contributed by atoms with Gasteiger partial charge < -0.3 is 14.4 Å². The summed E-state index contributed by atoms with van der Waals surface area (Å²) in [5.74, 6) is 0.249. The van der Waals surface area contributed by atoms with Crippen LogP contribution in [0, 0.1) is 6.92 Å². The molecule has 2 heterocycles. The van der Waals surface area contributed by atoms with Gasteiger partial charge >= 0.3 is 5.97 Å². The summed E-state index contributed by atoms with van der Waals surface area (Å²) in [4.78, 5) is 25.4. The Labute approximate surface area is 156 Å². The van der Waals surface area contributed by atoms with Gasteiger partial charge in [0.1, 0.15) is 11.5 Å². The minimum Gasteiger partial charge on any atom is -0.481 e. The summed E-state index contributed by atoms with van der Waals surface area (Å²) in [6.07, 6.45) is 0.388. The standard InChI is InChI=1S/C20H21N3O4/c1-14-9-10-18(27-14)16-12-17(22-21-16)20(26)23(11-5-8-19(24)25)13-15-6-3-2-4-7-15/h2-4,6-7,9-10,12H,5,8,11,13H2,1H3,(H,21,22)(H,24,25). The number of rotatable bonds is 8. The number of aliphatic carboxylic acids is 1. The molecule has 2 N–H and O–H groups in total. The first-order valence-electron chi connectivity index (χ1n) is 8.70. The van der Waals surface area contributed by atoms with Gasteiger partial charge in [-0.25, -0.2) is 0 Å². The maximum absolute atomic E-state index is 12.9. The molecule has 1 aromatic carbocycles. The number of aromatic nitrogens is 2. The predicted molar refractivity (Wildman–Crippen MR) is 99.1 cm³/mol. The Morgan fingerprint density at radius 2 is 1.96 bits per heavy atom. The van der Waals surface area contributed by atoms with Crippen LogP contribution in [-0.2, 0) is 11.3 Å². The van der Waals surface area contributed by atoms with Gasteiger partial charge in [0.2, 0.25) is 0 Å². The number of carbonyl (C=O) groups is 2. The molecule has 0 saturated carbocycles. The summed E-state index contributed by atoms with van der Waals surface area (Å²) in [7, 11) is 0. The fraction of sp³-hybridized carbons (Fsp3) is 0.250. The minimum absolute atomic E-state index is 0.00998. The number of furan rings is 1. The molecule has 3 aromatic rings. The Bertz CT molecular complexity index is 914. The van der Waals surface area contributed by atoms with Crippen molar-refractivity contribution in [1.29, 1.82) is 0 Å². The number of aryl methyl sites for hydroxylation is 1. The second-order valence-corrected chi connectivity index (χ2v) is 6.29. The van der Waals surface area contributed by atoms with Crippen LogP contribution in [-0.4, -0.2) is 38.6 Å². The van der Waals surface area contributed by atoms with Crippen LogP contribution in [0.15, 0.2) is 52.9 Å². The van der Waals surface area contributed by atoms with E-state index in [1.165, 1.54) is 0 Å². The lowest BCUT2D eigenvalue weighted by Gasteiger charge is -2.21. The van der Waals surface area contributed by atoms with Crippen molar-refractivity contribution < 1.29 is 19.1 Å². The van der Waals surface area contributed by atoms with E-state index in [9.17, 15) is 9.59 Å². The van der Waals surface area contributed by atoms with Gasteiger partial charge in [-0.15, -0.1) is 0 Å². The third-order valence-corrected chi connectivity index (χ3v) is 4.12. The maximum Gasteiger partial charge on any atom is 0.303 e. The fourth-order valence-electron chi connectivity index (χ4n) is 2.78. The molecule has 0 fully saturated rings. The smallest absolute Gasteiger partial charge is 0.303 e. The molecule has 0 radical (unpaired) electrons. The van der Waals surface area contributed by atoms with Crippen molar-refractivity contribution in [3.8, 4) is 11.5 Å². The van der Waals surface area contributed by atoms with E-state index in [0.29, 0.717) is 31.0 Å². The third kappa shape index (κ3) is 4.84. The quantitative estimate of drug-likeness (QED) is 0.635. The summed E-state index contributed by atoms with van der Waals surface area (Å²) in [5, 5.41) is 15.8.